The van der Waals surface area contributed by atoms with Crippen LogP contribution in [0.5, 0.6) is 5.75 Å². The first-order chi connectivity index (χ1) is 18.4. The lowest BCUT2D eigenvalue weighted by Crippen LogP contribution is -2.41. The highest BCUT2D eigenvalue weighted by Gasteiger charge is 2.28. The Morgan fingerprint density at radius 1 is 1.11 bits per heavy atom. The molecule has 0 spiro atoms. The Hall–Kier alpha value is -3.88. The molecular weight excluding hydrogens is 525 g/mol. The van der Waals surface area contributed by atoms with Gasteiger partial charge in [0.15, 0.2) is 0 Å². The van der Waals surface area contributed by atoms with Gasteiger partial charge in [0, 0.05) is 30.4 Å². The number of benzene rings is 2. The largest absolute Gasteiger partial charge is 0.497 e. The monoisotopic (exact) mass is 549 g/mol. The summed E-state index contributed by atoms with van der Waals surface area (Å²) in [5, 5.41) is 4.02. The predicted octanol–water partition coefficient (Wildman–Crippen LogP) is 5.06. The summed E-state index contributed by atoms with van der Waals surface area (Å²) in [7, 11) is 1.62. The maximum absolute atomic E-state index is 13.8. The number of anilines is 1. The molecule has 0 saturated carbocycles. The lowest BCUT2D eigenvalue weighted by atomic mass is 10.0. The molecule has 0 aliphatic carbocycles. The van der Waals surface area contributed by atoms with Crippen molar-refractivity contribution in [2.75, 3.05) is 19.0 Å². The molecule has 10 heteroatoms. The zero-order chi connectivity index (χ0) is 26.8. The molecule has 194 valence electrons. The van der Waals surface area contributed by atoms with Gasteiger partial charge in [0.05, 0.1) is 41.3 Å². The molecule has 4 aromatic rings. The fraction of sp³-hybridized carbons (Fsp3) is 0.214. The number of nitrogens with one attached hydrogen (secondary N) is 1. The molecule has 0 atom stereocenters. The van der Waals surface area contributed by atoms with Crippen LogP contribution in [0.15, 0.2) is 65.7 Å². The summed E-state index contributed by atoms with van der Waals surface area (Å²) in [6.07, 6.45) is 3.73. The summed E-state index contributed by atoms with van der Waals surface area (Å²) in [5.74, 6) is 0.941. The molecular formula is C28H25Cl2N5O3. The topological polar surface area (TPSA) is 89.3 Å². The summed E-state index contributed by atoms with van der Waals surface area (Å²) in [6, 6.07) is 14.3. The van der Waals surface area contributed by atoms with E-state index in [-0.39, 0.29) is 18.0 Å². The van der Waals surface area contributed by atoms with Crippen molar-refractivity contribution in [2.45, 2.75) is 26.4 Å². The number of halogens is 2. The lowest BCUT2D eigenvalue weighted by molar-refractivity contribution is 0.0731. The number of hydrogen-bond acceptors (Lipinski definition) is 6. The standard InChI is InChI=1S/C28H25Cl2N5O3/c1-17-9-11-31-15-25(17)35-27(37)21-10-12-34(26(36)19-5-8-22(29)23(30)13-19)16-24(21)33-28(35)32-14-18-3-6-20(38-2)7-4-18/h3-9,11,13,15H,10,12,14,16H2,1-2H3,(H,32,33). The number of pyridine rings is 1. The molecule has 0 fully saturated rings. The number of carbonyl (C=O) groups excluding carboxylic acids is 1. The smallest absolute Gasteiger partial charge is 0.263 e. The molecule has 0 saturated heterocycles. The molecule has 0 radical (unpaired) electrons. The van der Waals surface area contributed by atoms with Gasteiger partial charge in [0.2, 0.25) is 5.95 Å². The molecule has 2 aromatic heterocycles. The Balaban J connectivity index is 1.51. The van der Waals surface area contributed by atoms with E-state index in [4.69, 9.17) is 32.9 Å². The Kier molecular flexibility index (Phi) is 7.35. The second-order valence-corrected chi connectivity index (χ2v) is 9.79. The molecule has 1 aliphatic heterocycles. The number of aromatic nitrogens is 3. The van der Waals surface area contributed by atoms with E-state index < -0.39 is 0 Å². The third-order valence-corrected chi connectivity index (χ3v) is 7.29. The molecule has 38 heavy (non-hydrogen) atoms. The van der Waals surface area contributed by atoms with E-state index in [1.807, 2.05) is 37.3 Å². The molecule has 0 bridgehead atoms. The van der Waals surface area contributed by atoms with Crippen LogP contribution < -0.4 is 15.6 Å². The summed E-state index contributed by atoms with van der Waals surface area (Å²) in [5.41, 5.74) is 3.93. The molecule has 3 heterocycles. The molecule has 1 N–H and O–H groups in total. The molecule has 1 amide bonds. The van der Waals surface area contributed by atoms with E-state index in [0.717, 1.165) is 16.9 Å². The number of aryl methyl sites for hydroxylation is 1. The van der Waals surface area contributed by atoms with Crippen LogP contribution in [0.25, 0.3) is 5.69 Å². The zero-order valence-electron chi connectivity index (χ0n) is 20.9. The van der Waals surface area contributed by atoms with E-state index >= 15 is 0 Å². The summed E-state index contributed by atoms with van der Waals surface area (Å²) in [4.78, 5) is 37.8. The Labute approximate surface area is 229 Å². The molecule has 8 nitrogen and oxygen atoms in total. The molecule has 5 rings (SSSR count). The normalized spacial score (nSPS) is 12.7. The van der Waals surface area contributed by atoms with Gasteiger partial charge >= 0.3 is 0 Å². The number of carbonyl (C=O) groups is 1. The van der Waals surface area contributed by atoms with Gasteiger partial charge in [-0.15, -0.1) is 0 Å². The number of amides is 1. The van der Waals surface area contributed by atoms with Gasteiger partial charge in [-0.25, -0.2) is 9.55 Å². The van der Waals surface area contributed by atoms with Crippen LogP contribution in [-0.4, -0.2) is 39.0 Å². The minimum Gasteiger partial charge on any atom is -0.497 e. The molecule has 2 aromatic carbocycles. The predicted molar refractivity (Wildman–Crippen MR) is 148 cm³/mol. The van der Waals surface area contributed by atoms with Gasteiger partial charge in [-0.2, -0.15) is 0 Å². The van der Waals surface area contributed by atoms with Crippen molar-refractivity contribution in [1.29, 1.82) is 0 Å². The van der Waals surface area contributed by atoms with Gasteiger partial charge in [-0.05, 0) is 60.9 Å². The van der Waals surface area contributed by atoms with Gasteiger partial charge < -0.3 is 15.0 Å². The van der Waals surface area contributed by atoms with Gasteiger partial charge in [-0.1, -0.05) is 35.3 Å². The van der Waals surface area contributed by atoms with Gasteiger partial charge in [0.25, 0.3) is 11.5 Å². The number of ether oxygens (including phenoxy) is 1. The average molecular weight is 550 g/mol. The number of nitrogens with zero attached hydrogens (tertiary/aromatic N) is 4. The van der Waals surface area contributed by atoms with Crippen LogP contribution in [0.4, 0.5) is 5.95 Å². The second-order valence-electron chi connectivity index (χ2n) is 8.97. The van der Waals surface area contributed by atoms with Crippen LogP contribution in [0.2, 0.25) is 10.0 Å². The first-order valence-corrected chi connectivity index (χ1v) is 12.8. The highest BCUT2D eigenvalue weighted by Crippen LogP contribution is 2.26. The van der Waals surface area contributed by atoms with E-state index in [9.17, 15) is 9.59 Å². The van der Waals surface area contributed by atoms with E-state index in [0.29, 0.717) is 58.0 Å². The van der Waals surface area contributed by atoms with Crippen molar-refractivity contribution in [1.82, 2.24) is 19.4 Å². The highest BCUT2D eigenvalue weighted by atomic mass is 35.5. The van der Waals surface area contributed by atoms with Crippen molar-refractivity contribution < 1.29 is 9.53 Å². The third kappa shape index (κ3) is 5.10. The van der Waals surface area contributed by atoms with E-state index in [1.165, 1.54) is 0 Å². The third-order valence-electron chi connectivity index (χ3n) is 6.55. The fourth-order valence-corrected chi connectivity index (χ4v) is 4.73. The van der Waals surface area contributed by atoms with Crippen molar-refractivity contribution in [3.8, 4) is 11.4 Å². The van der Waals surface area contributed by atoms with Crippen LogP contribution in [0, 0.1) is 6.92 Å². The Morgan fingerprint density at radius 3 is 2.61 bits per heavy atom. The van der Waals surface area contributed by atoms with Crippen LogP contribution in [0.1, 0.15) is 32.7 Å². The Morgan fingerprint density at radius 2 is 1.89 bits per heavy atom. The minimum absolute atomic E-state index is 0.176. The number of hydrogen-bond donors (Lipinski definition) is 1. The highest BCUT2D eigenvalue weighted by molar-refractivity contribution is 6.42. The van der Waals surface area contributed by atoms with Gasteiger partial charge in [-0.3, -0.25) is 14.6 Å². The quantitative estimate of drug-likeness (QED) is 0.361. The zero-order valence-corrected chi connectivity index (χ0v) is 22.4. The Bertz CT molecular complexity index is 1570. The molecule has 0 unspecified atom stereocenters. The fourth-order valence-electron chi connectivity index (χ4n) is 4.43. The van der Waals surface area contributed by atoms with Crippen molar-refractivity contribution >= 4 is 35.1 Å². The van der Waals surface area contributed by atoms with Crippen molar-refractivity contribution in [3.63, 3.8) is 0 Å². The number of fused-ring (bicyclic) bond motifs is 1. The summed E-state index contributed by atoms with van der Waals surface area (Å²) < 4.78 is 6.81. The SMILES string of the molecule is COc1ccc(CNc2nc3c(c(=O)n2-c2cnccc2C)CCN(C(=O)c2ccc(Cl)c(Cl)c2)C3)cc1. The van der Waals surface area contributed by atoms with Crippen LogP contribution in [-0.2, 0) is 19.5 Å². The van der Waals surface area contributed by atoms with E-state index in [2.05, 4.69) is 10.3 Å². The minimum atomic E-state index is -0.198. The number of rotatable bonds is 6. The second kappa shape index (κ2) is 10.8. The average Bonchev–Trinajstić information content (AvgIpc) is 2.93. The first kappa shape index (κ1) is 25.8. The summed E-state index contributed by atoms with van der Waals surface area (Å²) in [6.45, 7) is 2.94. The van der Waals surface area contributed by atoms with Crippen LogP contribution >= 0.6 is 23.2 Å². The van der Waals surface area contributed by atoms with Crippen molar-refractivity contribution in [2.24, 2.45) is 0 Å². The van der Waals surface area contributed by atoms with Gasteiger partial charge in [0.1, 0.15) is 5.75 Å². The molecule has 1 aliphatic rings. The summed E-state index contributed by atoms with van der Waals surface area (Å²) >= 11 is 12.1. The maximum atomic E-state index is 13.8. The van der Waals surface area contributed by atoms with Crippen molar-refractivity contribution in [3.05, 3.63) is 109 Å². The van der Waals surface area contributed by atoms with E-state index in [1.54, 1.807) is 47.2 Å². The maximum Gasteiger partial charge on any atom is 0.263 e. The first-order valence-electron chi connectivity index (χ1n) is 12.0. The number of methoxy groups -OCH3 is 1. The lowest BCUT2D eigenvalue weighted by Gasteiger charge is -2.29. The van der Waals surface area contributed by atoms with Crippen LogP contribution in [0.3, 0.4) is 0 Å².